The average molecular weight is 885 g/mol. The molecule has 69 heavy (non-hydrogen) atoms. The van der Waals surface area contributed by atoms with E-state index in [9.17, 15) is 0 Å². The lowest BCUT2D eigenvalue weighted by atomic mass is 9.64. The van der Waals surface area contributed by atoms with Crippen LogP contribution in [0, 0.1) is 27.7 Å². The summed E-state index contributed by atoms with van der Waals surface area (Å²) in [5.41, 5.74) is 25.4. The molecule has 1 unspecified atom stereocenters. The Morgan fingerprint density at radius 1 is 0.333 bits per heavy atom. The zero-order valence-electron chi connectivity index (χ0n) is 38.7. The zero-order chi connectivity index (χ0) is 45.9. The lowest BCUT2D eigenvalue weighted by Crippen LogP contribution is -2.30. The first kappa shape index (κ1) is 38.5. The summed E-state index contributed by atoms with van der Waals surface area (Å²) in [6.45, 7) is 8.87. The maximum atomic E-state index is 7.47. The first-order chi connectivity index (χ1) is 33.9. The number of hydrogen-bond acceptors (Lipinski definition) is 4. The molecule has 3 aliphatic rings. The van der Waals surface area contributed by atoms with E-state index in [4.69, 9.17) is 8.83 Å². The van der Waals surface area contributed by atoms with Crippen molar-refractivity contribution in [1.29, 1.82) is 0 Å². The molecule has 0 saturated carbocycles. The Bertz CT molecular complexity index is 4150. The van der Waals surface area contributed by atoms with Gasteiger partial charge < -0.3 is 18.6 Å². The Kier molecular flexibility index (Phi) is 7.67. The number of anilines is 6. The standard InChI is InChI=1S/C65H44N2O2/c1-37-29-31-40(4)53(33-37)67-52-26-14-8-20-43(52)41-18-6-11-23-47(41)65-48-24-12-7-19-42(48)44-32-30-38(2)34-54(44)66(51-25-13-5-17-39(51)3)55-35-49(65)61(63-59(55)45-21-9-15-27-57(45)68-63)62-50(65)36-56(67)60-46-22-10-16-28-58(46)69-64(60)62/h5-36H,1-4H3. The maximum Gasteiger partial charge on any atom is 0.145 e. The van der Waals surface area contributed by atoms with E-state index in [1.165, 1.54) is 55.6 Å². The van der Waals surface area contributed by atoms with Gasteiger partial charge in [-0.1, -0.05) is 146 Å². The van der Waals surface area contributed by atoms with Gasteiger partial charge in [0.2, 0.25) is 0 Å². The molecule has 326 valence electrons. The summed E-state index contributed by atoms with van der Waals surface area (Å²) >= 11 is 0. The summed E-state index contributed by atoms with van der Waals surface area (Å²) in [4.78, 5) is 5.06. The van der Waals surface area contributed by atoms with Crippen molar-refractivity contribution < 1.29 is 8.83 Å². The normalized spacial score (nSPS) is 15.2. The summed E-state index contributed by atoms with van der Waals surface area (Å²) in [7, 11) is 0. The molecule has 7 bridgehead atoms. The van der Waals surface area contributed by atoms with Gasteiger partial charge >= 0.3 is 0 Å². The fraction of sp³-hybridized carbons (Fsp3) is 0.0769. The van der Waals surface area contributed by atoms with Crippen LogP contribution in [0.25, 0.3) is 77.3 Å². The van der Waals surface area contributed by atoms with Crippen LogP contribution >= 0.6 is 0 Å². The van der Waals surface area contributed by atoms with Crippen molar-refractivity contribution in [2.45, 2.75) is 33.1 Å². The number of para-hydroxylation sites is 4. The Morgan fingerprint density at radius 2 is 0.783 bits per heavy atom. The number of rotatable bonds is 2. The van der Waals surface area contributed by atoms with Crippen molar-refractivity contribution in [2.24, 2.45) is 0 Å². The van der Waals surface area contributed by atoms with E-state index >= 15 is 0 Å². The fourth-order valence-electron chi connectivity index (χ4n) is 12.7. The van der Waals surface area contributed by atoms with E-state index in [2.05, 4.69) is 232 Å². The summed E-state index contributed by atoms with van der Waals surface area (Å²) in [5, 5.41) is 4.29. The smallest absolute Gasteiger partial charge is 0.145 e. The summed E-state index contributed by atoms with van der Waals surface area (Å²) in [5.74, 6) is 0. The van der Waals surface area contributed by atoms with E-state index in [1.807, 2.05) is 0 Å². The van der Waals surface area contributed by atoms with Gasteiger partial charge in [-0.25, -0.2) is 0 Å². The Morgan fingerprint density at radius 3 is 1.39 bits per heavy atom. The lowest BCUT2D eigenvalue weighted by Gasteiger charge is -2.36. The van der Waals surface area contributed by atoms with Gasteiger partial charge in [0.05, 0.1) is 38.9 Å². The van der Waals surface area contributed by atoms with Crippen LogP contribution < -0.4 is 9.80 Å². The van der Waals surface area contributed by atoms with Crippen LogP contribution in [0.4, 0.5) is 34.1 Å². The molecular formula is C65H44N2O2. The second kappa shape index (κ2) is 13.7. The number of fused-ring (bicyclic) bond motifs is 8. The Labute approximate surface area is 399 Å². The summed E-state index contributed by atoms with van der Waals surface area (Å²) < 4.78 is 14.9. The van der Waals surface area contributed by atoms with Crippen LogP contribution in [0.3, 0.4) is 0 Å². The first-order valence-corrected chi connectivity index (χ1v) is 24.0. The van der Waals surface area contributed by atoms with Crippen LogP contribution in [0.5, 0.6) is 0 Å². The van der Waals surface area contributed by atoms with Crippen LogP contribution in [0.15, 0.2) is 203 Å². The monoisotopic (exact) mass is 884 g/mol. The molecule has 1 spiro atoms. The van der Waals surface area contributed by atoms with Gasteiger partial charge in [0.25, 0.3) is 0 Å². The third-order valence-electron chi connectivity index (χ3n) is 15.5. The third-order valence-corrected chi connectivity index (χ3v) is 15.5. The Balaban J connectivity index is 1.27. The largest absolute Gasteiger partial charge is 0.455 e. The molecule has 0 radical (unpaired) electrons. The van der Waals surface area contributed by atoms with Crippen molar-refractivity contribution >= 4 is 78.0 Å². The fourth-order valence-corrected chi connectivity index (χ4v) is 12.7. The topological polar surface area (TPSA) is 32.8 Å². The second-order valence-electron chi connectivity index (χ2n) is 19.4. The minimum Gasteiger partial charge on any atom is -0.455 e. The van der Waals surface area contributed by atoms with Crippen LogP contribution in [0.1, 0.15) is 44.5 Å². The molecule has 10 aromatic carbocycles. The molecule has 0 fully saturated rings. The first-order valence-electron chi connectivity index (χ1n) is 24.0. The second-order valence-corrected chi connectivity index (χ2v) is 19.4. The molecule has 0 amide bonds. The molecule has 15 rings (SSSR count). The molecule has 0 saturated heterocycles. The number of aryl methyl sites for hydroxylation is 4. The molecule has 12 aromatic rings. The van der Waals surface area contributed by atoms with Crippen LogP contribution in [-0.2, 0) is 5.41 Å². The van der Waals surface area contributed by atoms with Crippen molar-refractivity contribution in [1.82, 2.24) is 0 Å². The Hall–Kier alpha value is -8.60. The quantitative estimate of drug-likeness (QED) is 0.173. The average Bonchev–Trinajstić information content (AvgIpc) is 4.06. The minimum absolute atomic E-state index is 0.849. The number of benzene rings is 10. The van der Waals surface area contributed by atoms with E-state index in [1.54, 1.807) is 0 Å². The SMILES string of the molecule is Cc1ccc(C)c(N2c3ccccc3-c3ccccc3C34c5ccccc5-c5ccc(C)cc5N(c5ccccc5C)c5cc3c(c3oc6ccccc6c53)-c3c4cc2c2c3oc3ccccc32)c1. The van der Waals surface area contributed by atoms with Crippen molar-refractivity contribution in [3.63, 3.8) is 0 Å². The predicted molar refractivity (Wildman–Crippen MR) is 285 cm³/mol. The van der Waals surface area contributed by atoms with Crippen molar-refractivity contribution in [2.75, 3.05) is 9.80 Å². The lowest BCUT2D eigenvalue weighted by molar-refractivity contribution is 0.665. The summed E-state index contributed by atoms with van der Waals surface area (Å²) in [6.07, 6.45) is 0. The van der Waals surface area contributed by atoms with Gasteiger partial charge in [0.15, 0.2) is 0 Å². The minimum atomic E-state index is -0.893. The number of hydrogen-bond donors (Lipinski definition) is 0. The maximum absolute atomic E-state index is 7.47. The third kappa shape index (κ3) is 4.92. The van der Waals surface area contributed by atoms with Crippen LogP contribution in [-0.4, -0.2) is 0 Å². The highest BCUT2D eigenvalue weighted by molar-refractivity contribution is 6.26. The molecule has 1 atom stereocenters. The van der Waals surface area contributed by atoms with Gasteiger partial charge in [0, 0.05) is 44.4 Å². The molecular weight excluding hydrogens is 841 g/mol. The molecule has 4 heteroatoms. The highest BCUT2D eigenvalue weighted by Crippen LogP contribution is 2.68. The summed E-state index contributed by atoms with van der Waals surface area (Å²) in [6, 6.07) is 72.3. The van der Waals surface area contributed by atoms with Gasteiger partial charge in [-0.3, -0.25) is 0 Å². The molecule has 2 aliphatic heterocycles. The van der Waals surface area contributed by atoms with E-state index in [-0.39, 0.29) is 0 Å². The molecule has 4 nitrogen and oxygen atoms in total. The molecule has 4 heterocycles. The predicted octanol–water partition coefficient (Wildman–Crippen LogP) is 18.0. The highest BCUT2D eigenvalue weighted by Gasteiger charge is 2.53. The zero-order valence-corrected chi connectivity index (χ0v) is 38.7. The van der Waals surface area contributed by atoms with Gasteiger partial charge in [-0.2, -0.15) is 0 Å². The van der Waals surface area contributed by atoms with E-state index < -0.39 is 5.41 Å². The van der Waals surface area contributed by atoms with Gasteiger partial charge in [0.1, 0.15) is 22.3 Å². The van der Waals surface area contributed by atoms with E-state index in [0.717, 1.165) is 100 Å². The molecule has 0 N–H and O–H groups in total. The van der Waals surface area contributed by atoms with Gasteiger partial charge in [-0.15, -0.1) is 0 Å². The van der Waals surface area contributed by atoms with Crippen molar-refractivity contribution in [3.05, 3.63) is 239 Å². The number of nitrogens with zero attached hydrogens (tertiary/aromatic N) is 2. The van der Waals surface area contributed by atoms with E-state index in [0.29, 0.717) is 0 Å². The van der Waals surface area contributed by atoms with Crippen LogP contribution in [0.2, 0.25) is 0 Å². The van der Waals surface area contributed by atoms with Crippen molar-refractivity contribution in [3.8, 4) is 33.4 Å². The molecule has 2 aromatic heterocycles. The molecule has 1 aliphatic carbocycles. The highest BCUT2D eigenvalue weighted by atomic mass is 16.3. The van der Waals surface area contributed by atoms with Gasteiger partial charge in [-0.05, 0) is 132 Å². The number of furan rings is 2.